The fourth-order valence-electron chi connectivity index (χ4n) is 2.00. The van der Waals surface area contributed by atoms with Crippen molar-refractivity contribution in [3.8, 4) is 5.75 Å². The first-order chi connectivity index (χ1) is 10.0. The highest BCUT2D eigenvalue weighted by molar-refractivity contribution is 5.94. The Bertz CT molecular complexity index is 641. The van der Waals surface area contributed by atoms with Crippen molar-refractivity contribution in [1.29, 1.82) is 0 Å². The Labute approximate surface area is 121 Å². The second-order valence-electron chi connectivity index (χ2n) is 4.59. The number of hydrogen-bond acceptors (Lipinski definition) is 2. The molecule has 2 aromatic rings. The Hall–Kier alpha value is -2.43. The van der Waals surface area contributed by atoms with Crippen LogP contribution in [0.2, 0.25) is 0 Å². The first-order valence-electron chi connectivity index (χ1n) is 6.41. The Morgan fingerprint density at radius 3 is 2.33 bits per heavy atom. The Morgan fingerprint density at radius 1 is 1.10 bits per heavy atom. The molecule has 3 nitrogen and oxygen atoms in total. The average Bonchev–Trinajstić information content (AvgIpc) is 2.47. The third-order valence-electron chi connectivity index (χ3n) is 3.11. The number of hydrogen-bond donors (Lipinski definition) is 1. The van der Waals surface area contributed by atoms with Crippen molar-refractivity contribution >= 4 is 5.91 Å². The lowest BCUT2D eigenvalue weighted by Crippen LogP contribution is -2.27. The van der Waals surface area contributed by atoms with Gasteiger partial charge in [0, 0.05) is 11.1 Å². The summed E-state index contributed by atoms with van der Waals surface area (Å²) in [5, 5.41) is 2.73. The molecule has 0 aliphatic rings. The van der Waals surface area contributed by atoms with Crippen LogP contribution in [0.3, 0.4) is 0 Å². The molecule has 0 spiro atoms. The van der Waals surface area contributed by atoms with Crippen LogP contribution in [0.5, 0.6) is 5.75 Å². The van der Waals surface area contributed by atoms with Crippen molar-refractivity contribution in [1.82, 2.24) is 5.32 Å². The van der Waals surface area contributed by atoms with E-state index in [0.717, 1.165) is 0 Å². The molecule has 0 saturated carbocycles. The molecular formula is C16H15F2NO2. The van der Waals surface area contributed by atoms with Gasteiger partial charge in [-0.3, -0.25) is 4.79 Å². The molecule has 21 heavy (non-hydrogen) atoms. The fourth-order valence-corrected chi connectivity index (χ4v) is 2.00. The van der Waals surface area contributed by atoms with Gasteiger partial charge in [-0.25, -0.2) is 8.78 Å². The van der Waals surface area contributed by atoms with Crippen LogP contribution < -0.4 is 10.1 Å². The number of amides is 1. The lowest BCUT2D eigenvalue weighted by atomic mass is 10.1. The molecule has 0 aliphatic heterocycles. The number of nitrogens with one attached hydrogen (secondary N) is 1. The molecule has 0 bridgehead atoms. The van der Waals surface area contributed by atoms with Crippen LogP contribution >= 0.6 is 0 Å². The van der Waals surface area contributed by atoms with Gasteiger partial charge in [0.2, 0.25) is 0 Å². The smallest absolute Gasteiger partial charge is 0.251 e. The molecule has 0 fully saturated rings. The number of rotatable bonds is 4. The van der Waals surface area contributed by atoms with Gasteiger partial charge in [0.25, 0.3) is 5.91 Å². The maximum absolute atomic E-state index is 13.3. The molecule has 1 amide bonds. The van der Waals surface area contributed by atoms with E-state index in [1.807, 2.05) is 0 Å². The van der Waals surface area contributed by atoms with E-state index in [2.05, 4.69) is 5.32 Å². The molecule has 2 aromatic carbocycles. The van der Waals surface area contributed by atoms with Gasteiger partial charge in [-0.1, -0.05) is 0 Å². The van der Waals surface area contributed by atoms with E-state index in [-0.39, 0.29) is 5.91 Å². The summed E-state index contributed by atoms with van der Waals surface area (Å²) in [6, 6.07) is 8.86. The largest absolute Gasteiger partial charge is 0.496 e. The van der Waals surface area contributed by atoms with E-state index in [1.54, 1.807) is 6.92 Å². The van der Waals surface area contributed by atoms with Gasteiger partial charge in [0.05, 0.1) is 13.2 Å². The van der Waals surface area contributed by atoms with Crippen molar-refractivity contribution in [2.24, 2.45) is 0 Å². The molecule has 1 N–H and O–H groups in total. The zero-order valence-corrected chi connectivity index (χ0v) is 11.7. The number of ether oxygens (including phenoxy) is 1. The maximum atomic E-state index is 13.3. The van der Waals surface area contributed by atoms with Crippen LogP contribution in [-0.4, -0.2) is 13.0 Å². The fraction of sp³-hybridized carbons (Fsp3) is 0.188. The Kier molecular flexibility index (Phi) is 4.52. The Morgan fingerprint density at radius 2 is 1.71 bits per heavy atom. The van der Waals surface area contributed by atoms with E-state index in [9.17, 15) is 13.6 Å². The molecule has 0 aromatic heterocycles. The summed E-state index contributed by atoms with van der Waals surface area (Å²) in [4.78, 5) is 12.1. The summed E-state index contributed by atoms with van der Waals surface area (Å²) in [5.41, 5.74) is 0.867. The van der Waals surface area contributed by atoms with Crippen LogP contribution in [0.1, 0.15) is 28.9 Å². The molecule has 0 saturated heterocycles. The zero-order chi connectivity index (χ0) is 15.4. The van der Waals surface area contributed by atoms with Crippen LogP contribution in [0, 0.1) is 11.6 Å². The highest BCUT2D eigenvalue weighted by atomic mass is 19.1. The van der Waals surface area contributed by atoms with Crippen LogP contribution in [-0.2, 0) is 0 Å². The molecular weight excluding hydrogens is 276 g/mol. The topological polar surface area (TPSA) is 38.3 Å². The quantitative estimate of drug-likeness (QED) is 0.936. The van der Waals surface area contributed by atoms with E-state index in [4.69, 9.17) is 4.74 Å². The van der Waals surface area contributed by atoms with Gasteiger partial charge in [-0.2, -0.15) is 0 Å². The maximum Gasteiger partial charge on any atom is 0.251 e. The van der Waals surface area contributed by atoms with Crippen molar-refractivity contribution in [2.75, 3.05) is 7.11 Å². The zero-order valence-electron chi connectivity index (χ0n) is 11.7. The average molecular weight is 291 g/mol. The second kappa shape index (κ2) is 6.35. The van der Waals surface area contributed by atoms with Gasteiger partial charge < -0.3 is 10.1 Å². The first kappa shape index (κ1) is 15.0. The van der Waals surface area contributed by atoms with E-state index in [0.29, 0.717) is 16.9 Å². The van der Waals surface area contributed by atoms with Crippen LogP contribution in [0.4, 0.5) is 8.78 Å². The van der Waals surface area contributed by atoms with Gasteiger partial charge in [-0.05, 0) is 49.4 Å². The third kappa shape index (κ3) is 3.56. The highest BCUT2D eigenvalue weighted by Crippen LogP contribution is 2.26. The van der Waals surface area contributed by atoms with Crippen LogP contribution in [0.15, 0.2) is 42.5 Å². The van der Waals surface area contributed by atoms with Gasteiger partial charge in [-0.15, -0.1) is 0 Å². The van der Waals surface area contributed by atoms with Crippen molar-refractivity contribution < 1.29 is 18.3 Å². The minimum atomic E-state index is -0.451. The normalized spacial score (nSPS) is 11.8. The third-order valence-corrected chi connectivity index (χ3v) is 3.11. The minimum Gasteiger partial charge on any atom is -0.496 e. The summed E-state index contributed by atoms with van der Waals surface area (Å²) < 4.78 is 31.3. The second-order valence-corrected chi connectivity index (χ2v) is 4.59. The molecule has 1 atom stereocenters. The Balaban J connectivity index is 2.17. The lowest BCUT2D eigenvalue weighted by Gasteiger charge is -2.17. The van der Waals surface area contributed by atoms with E-state index >= 15 is 0 Å². The van der Waals surface area contributed by atoms with Crippen molar-refractivity contribution in [3.05, 3.63) is 65.2 Å². The summed E-state index contributed by atoms with van der Waals surface area (Å²) in [5.74, 6) is -0.697. The molecule has 1 unspecified atom stereocenters. The van der Waals surface area contributed by atoms with Gasteiger partial charge in [0.15, 0.2) is 0 Å². The molecule has 0 radical (unpaired) electrons. The number of carbonyl (C=O) groups is 1. The summed E-state index contributed by atoms with van der Waals surface area (Å²) in [7, 11) is 1.48. The number of benzene rings is 2. The lowest BCUT2D eigenvalue weighted by molar-refractivity contribution is 0.0939. The predicted molar refractivity (Wildman–Crippen MR) is 75.2 cm³/mol. The highest BCUT2D eigenvalue weighted by Gasteiger charge is 2.16. The number of carbonyl (C=O) groups excluding carboxylic acids is 1. The summed E-state index contributed by atoms with van der Waals surface area (Å²) >= 11 is 0. The monoisotopic (exact) mass is 291 g/mol. The minimum absolute atomic E-state index is 0.332. The van der Waals surface area contributed by atoms with E-state index < -0.39 is 17.7 Å². The number of halogens is 2. The molecule has 2 rings (SSSR count). The van der Waals surface area contributed by atoms with Gasteiger partial charge >= 0.3 is 0 Å². The van der Waals surface area contributed by atoms with Crippen molar-refractivity contribution in [2.45, 2.75) is 13.0 Å². The summed E-state index contributed by atoms with van der Waals surface area (Å²) in [6.45, 7) is 1.72. The van der Waals surface area contributed by atoms with E-state index in [1.165, 1.54) is 49.6 Å². The molecule has 0 heterocycles. The SMILES string of the molecule is COc1ccc(F)cc1C(C)NC(=O)c1ccc(F)cc1. The molecule has 5 heteroatoms. The van der Waals surface area contributed by atoms with Crippen molar-refractivity contribution in [3.63, 3.8) is 0 Å². The standard InChI is InChI=1S/C16H15F2NO2/c1-10(14-9-13(18)7-8-15(14)21-2)19-16(20)11-3-5-12(17)6-4-11/h3-10H,1-2H3,(H,19,20). The van der Waals surface area contributed by atoms with Crippen LogP contribution in [0.25, 0.3) is 0 Å². The predicted octanol–water partition coefficient (Wildman–Crippen LogP) is 3.46. The molecule has 110 valence electrons. The number of methoxy groups -OCH3 is 1. The van der Waals surface area contributed by atoms with Gasteiger partial charge in [0.1, 0.15) is 17.4 Å². The summed E-state index contributed by atoms with van der Waals surface area (Å²) in [6.07, 6.45) is 0. The first-order valence-corrected chi connectivity index (χ1v) is 6.41. The molecule has 0 aliphatic carbocycles.